The van der Waals surface area contributed by atoms with Gasteiger partial charge in [-0.2, -0.15) is 0 Å². The molecule has 2 rings (SSSR count). The molecule has 1 saturated heterocycles. The van der Waals surface area contributed by atoms with Crippen LogP contribution in [-0.4, -0.2) is 30.4 Å². The van der Waals surface area contributed by atoms with Gasteiger partial charge in [0, 0.05) is 24.3 Å². The highest BCUT2D eigenvalue weighted by molar-refractivity contribution is 5.81. The standard InChI is InChI=1S/C17H22N2O/c1-4-15-6-5-7-16(9-15)18-10-17(20)19-11-13(2)8-14(3)12-19/h1,5-7,9,13-14,18H,8,10-12H2,2-3H3/t13-,14-/m1/s1. The van der Waals surface area contributed by atoms with E-state index in [4.69, 9.17) is 6.42 Å². The highest BCUT2D eigenvalue weighted by Gasteiger charge is 2.24. The maximum Gasteiger partial charge on any atom is 0.241 e. The molecule has 1 heterocycles. The first-order valence-corrected chi connectivity index (χ1v) is 7.17. The Kier molecular flexibility index (Phi) is 4.68. The number of carbonyl (C=O) groups is 1. The number of piperidine rings is 1. The second kappa shape index (κ2) is 6.47. The van der Waals surface area contributed by atoms with E-state index in [0.717, 1.165) is 24.3 Å². The monoisotopic (exact) mass is 270 g/mol. The van der Waals surface area contributed by atoms with E-state index in [1.807, 2.05) is 29.2 Å². The summed E-state index contributed by atoms with van der Waals surface area (Å²) in [7, 11) is 0. The van der Waals surface area contributed by atoms with Crippen LogP contribution in [0, 0.1) is 24.2 Å². The topological polar surface area (TPSA) is 32.3 Å². The molecule has 3 heteroatoms. The van der Waals surface area contributed by atoms with Crippen LogP contribution in [0.3, 0.4) is 0 Å². The second-order valence-corrected chi connectivity index (χ2v) is 5.82. The van der Waals surface area contributed by atoms with Crippen LogP contribution in [0.1, 0.15) is 25.8 Å². The van der Waals surface area contributed by atoms with Crippen LogP contribution in [0.2, 0.25) is 0 Å². The normalized spacial score (nSPS) is 22.1. The summed E-state index contributed by atoms with van der Waals surface area (Å²) >= 11 is 0. The molecule has 106 valence electrons. The van der Waals surface area contributed by atoms with Crippen LogP contribution in [0.5, 0.6) is 0 Å². The SMILES string of the molecule is C#Cc1cccc(NCC(=O)N2C[C@H](C)C[C@@H](C)C2)c1. The minimum Gasteiger partial charge on any atom is -0.376 e. The van der Waals surface area contributed by atoms with Crippen LogP contribution in [0.15, 0.2) is 24.3 Å². The van der Waals surface area contributed by atoms with Gasteiger partial charge in [-0.05, 0) is 36.5 Å². The van der Waals surface area contributed by atoms with Crippen molar-refractivity contribution in [3.63, 3.8) is 0 Å². The molecule has 0 spiro atoms. The van der Waals surface area contributed by atoms with E-state index in [1.165, 1.54) is 6.42 Å². The number of nitrogens with one attached hydrogen (secondary N) is 1. The van der Waals surface area contributed by atoms with E-state index < -0.39 is 0 Å². The van der Waals surface area contributed by atoms with Crippen molar-refractivity contribution in [1.29, 1.82) is 0 Å². The third-order valence-corrected chi connectivity index (χ3v) is 3.69. The number of carbonyl (C=O) groups excluding carboxylic acids is 1. The highest BCUT2D eigenvalue weighted by atomic mass is 16.2. The minimum atomic E-state index is 0.162. The van der Waals surface area contributed by atoms with Gasteiger partial charge < -0.3 is 10.2 Å². The zero-order valence-electron chi connectivity index (χ0n) is 12.2. The van der Waals surface area contributed by atoms with Crippen LogP contribution < -0.4 is 5.32 Å². The molecular formula is C17H22N2O. The molecule has 3 nitrogen and oxygen atoms in total. The van der Waals surface area contributed by atoms with Gasteiger partial charge in [-0.25, -0.2) is 0 Å². The van der Waals surface area contributed by atoms with Crippen molar-refractivity contribution in [3.8, 4) is 12.3 Å². The maximum atomic E-state index is 12.2. The predicted octanol–water partition coefficient (Wildman–Crippen LogP) is 2.58. The fourth-order valence-electron chi connectivity index (χ4n) is 2.87. The zero-order chi connectivity index (χ0) is 14.5. The molecule has 2 atom stereocenters. The average Bonchev–Trinajstić information content (AvgIpc) is 2.44. The first-order chi connectivity index (χ1) is 9.58. The molecule has 1 aromatic rings. The van der Waals surface area contributed by atoms with Gasteiger partial charge in [-0.3, -0.25) is 4.79 Å². The summed E-state index contributed by atoms with van der Waals surface area (Å²) in [4.78, 5) is 14.2. The summed E-state index contributed by atoms with van der Waals surface area (Å²) in [5.74, 6) is 3.94. The van der Waals surface area contributed by atoms with Crippen molar-refractivity contribution < 1.29 is 4.79 Å². The Morgan fingerprint density at radius 3 is 2.75 bits per heavy atom. The van der Waals surface area contributed by atoms with E-state index in [9.17, 15) is 4.79 Å². The number of likely N-dealkylation sites (tertiary alicyclic amines) is 1. The Morgan fingerprint density at radius 1 is 1.40 bits per heavy atom. The van der Waals surface area contributed by atoms with Gasteiger partial charge in [0.1, 0.15) is 0 Å². The number of hydrogen-bond acceptors (Lipinski definition) is 2. The third-order valence-electron chi connectivity index (χ3n) is 3.69. The molecule has 1 amide bonds. The Morgan fingerprint density at radius 2 is 2.10 bits per heavy atom. The lowest BCUT2D eigenvalue weighted by Gasteiger charge is -2.35. The number of benzene rings is 1. The van der Waals surface area contributed by atoms with Crippen molar-refractivity contribution in [2.75, 3.05) is 25.0 Å². The lowest BCUT2D eigenvalue weighted by molar-refractivity contribution is -0.131. The van der Waals surface area contributed by atoms with Gasteiger partial charge in [0.05, 0.1) is 6.54 Å². The molecule has 1 aromatic carbocycles. The minimum absolute atomic E-state index is 0.162. The summed E-state index contributed by atoms with van der Waals surface area (Å²) < 4.78 is 0. The van der Waals surface area contributed by atoms with E-state index in [0.29, 0.717) is 18.4 Å². The van der Waals surface area contributed by atoms with Crippen molar-refractivity contribution in [1.82, 2.24) is 4.90 Å². The van der Waals surface area contributed by atoms with Gasteiger partial charge in [-0.1, -0.05) is 25.8 Å². The van der Waals surface area contributed by atoms with Crippen molar-refractivity contribution >= 4 is 11.6 Å². The van der Waals surface area contributed by atoms with Gasteiger partial charge >= 0.3 is 0 Å². The third kappa shape index (κ3) is 3.77. The summed E-state index contributed by atoms with van der Waals surface area (Å²) in [6, 6.07) is 7.58. The largest absolute Gasteiger partial charge is 0.376 e. The Hall–Kier alpha value is -1.95. The van der Waals surface area contributed by atoms with Gasteiger partial charge in [-0.15, -0.1) is 6.42 Å². The second-order valence-electron chi connectivity index (χ2n) is 5.82. The molecule has 1 fully saturated rings. The number of anilines is 1. The van der Waals surface area contributed by atoms with Crippen molar-refractivity contribution in [2.24, 2.45) is 11.8 Å². The van der Waals surface area contributed by atoms with Gasteiger partial charge in [0.25, 0.3) is 0 Å². The molecular weight excluding hydrogens is 248 g/mol. The van der Waals surface area contributed by atoms with Crippen LogP contribution in [0.25, 0.3) is 0 Å². The summed E-state index contributed by atoms with van der Waals surface area (Å²) in [5.41, 5.74) is 1.72. The average molecular weight is 270 g/mol. The molecule has 0 radical (unpaired) electrons. The lowest BCUT2D eigenvalue weighted by atomic mass is 9.92. The number of hydrogen-bond donors (Lipinski definition) is 1. The van der Waals surface area contributed by atoms with E-state index in [1.54, 1.807) is 0 Å². The fourth-order valence-corrected chi connectivity index (χ4v) is 2.87. The molecule has 0 saturated carbocycles. The lowest BCUT2D eigenvalue weighted by Crippen LogP contribution is -2.44. The van der Waals surface area contributed by atoms with Gasteiger partial charge in [0.2, 0.25) is 5.91 Å². The molecule has 1 aliphatic rings. The summed E-state index contributed by atoms with van der Waals surface area (Å²) in [6.07, 6.45) is 6.58. The summed E-state index contributed by atoms with van der Waals surface area (Å²) in [5, 5.41) is 3.16. The molecule has 0 aliphatic carbocycles. The Labute approximate surface area is 121 Å². The fraction of sp³-hybridized carbons (Fsp3) is 0.471. The van der Waals surface area contributed by atoms with Crippen molar-refractivity contribution in [2.45, 2.75) is 20.3 Å². The van der Waals surface area contributed by atoms with Crippen LogP contribution in [-0.2, 0) is 4.79 Å². The quantitative estimate of drug-likeness (QED) is 0.856. The van der Waals surface area contributed by atoms with Crippen LogP contribution >= 0.6 is 0 Å². The number of amides is 1. The molecule has 1 N–H and O–H groups in total. The number of terminal acetylenes is 1. The molecule has 0 unspecified atom stereocenters. The van der Waals surface area contributed by atoms with Crippen molar-refractivity contribution in [3.05, 3.63) is 29.8 Å². The van der Waals surface area contributed by atoms with E-state index in [-0.39, 0.29) is 5.91 Å². The molecule has 0 aromatic heterocycles. The van der Waals surface area contributed by atoms with E-state index >= 15 is 0 Å². The highest BCUT2D eigenvalue weighted by Crippen LogP contribution is 2.21. The Bertz CT molecular complexity index is 508. The van der Waals surface area contributed by atoms with E-state index in [2.05, 4.69) is 25.1 Å². The van der Waals surface area contributed by atoms with Gasteiger partial charge in [0.15, 0.2) is 0 Å². The number of nitrogens with zero attached hydrogens (tertiary/aromatic N) is 1. The Balaban J connectivity index is 1.90. The first-order valence-electron chi connectivity index (χ1n) is 7.17. The smallest absolute Gasteiger partial charge is 0.241 e. The predicted molar refractivity (Wildman–Crippen MR) is 82.4 cm³/mol. The number of rotatable bonds is 3. The maximum absolute atomic E-state index is 12.2. The molecule has 1 aliphatic heterocycles. The zero-order valence-corrected chi connectivity index (χ0v) is 12.2. The molecule has 20 heavy (non-hydrogen) atoms. The summed E-state index contributed by atoms with van der Waals surface area (Å²) in [6.45, 7) is 6.48. The van der Waals surface area contributed by atoms with Crippen LogP contribution in [0.4, 0.5) is 5.69 Å². The molecule has 0 bridgehead atoms. The first kappa shape index (κ1) is 14.5.